The fraction of sp³-hybridized carbons (Fsp3) is 0.231. The van der Waals surface area contributed by atoms with Crippen LogP contribution in [0.25, 0.3) is 22.2 Å². The second-order valence-electron chi connectivity index (χ2n) is 7.82. The van der Waals surface area contributed by atoms with Gasteiger partial charge in [0.15, 0.2) is 0 Å². The highest BCUT2D eigenvalue weighted by molar-refractivity contribution is 6.12. The van der Waals surface area contributed by atoms with E-state index >= 15 is 0 Å². The number of aryl methyl sites for hydroxylation is 1. The number of aromatic nitrogens is 2. The number of rotatable bonds is 4. The molecule has 3 heterocycles. The van der Waals surface area contributed by atoms with Crippen molar-refractivity contribution in [1.82, 2.24) is 14.5 Å². The molecule has 0 radical (unpaired) electrons. The molecular weight excluding hydrogens is 384 g/mol. The Morgan fingerprint density at radius 2 is 1.58 bits per heavy atom. The standard InChI is InChI=1S/C26H26N4O/c1-2-30-22-13-7-6-12-21(22)24(25(30)20-10-4-3-5-11-20)26(31)29-18-16-28(17-19-29)23-14-8-9-15-27-23/h3-15H,2,16-19H2,1H3. The Balaban J connectivity index is 1.52. The summed E-state index contributed by atoms with van der Waals surface area (Å²) in [5, 5.41) is 1.03. The molecule has 0 spiro atoms. The predicted molar refractivity (Wildman–Crippen MR) is 125 cm³/mol. The minimum atomic E-state index is 0.114. The molecule has 1 fully saturated rings. The Hall–Kier alpha value is -3.60. The van der Waals surface area contributed by atoms with Crippen LogP contribution < -0.4 is 4.90 Å². The van der Waals surface area contributed by atoms with Gasteiger partial charge in [0.1, 0.15) is 5.82 Å². The van der Waals surface area contributed by atoms with E-state index in [1.165, 1.54) is 0 Å². The maximum Gasteiger partial charge on any atom is 0.256 e. The second-order valence-corrected chi connectivity index (χ2v) is 7.82. The zero-order chi connectivity index (χ0) is 21.2. The maximum atomic E-state index is 13.9. The van der Waals surface area contributed by atoms with Gasteiger partial charge in [-0.25, -0.2) is 4.98 Å². The summed E-state index contributed by atoms with van der Waals surface area (Å²) in [7, 11) is 0. The summed E-state index contributed by atoms with van der Waals surface area (Å²) in [6.07, 6.45) is 1.82. The molecule has 5 nitrogen and oxygen atoms in total. The Kier molecular flexibility index (Phi) is 5.16. The van der Waals surface area contributed by atoms with Crippen LogP contribution in [0.3, 0.4) is 0 Å². The molecule has 0 N–H and O–H groups in total. The minimum absolute atomic E-state index is 0.114. The molecule has 0 saturated carbocycles. The summed E-state index contributed by atoms with van der Waals surface area (Å²) in [5.74, 6) is 1.09. The van der Waals surface area contributed by atoms with E-state index in [9.17, 15) is 4.79 Å². The predicted octanol–water partition coefficient (Wildman–Crippen LogP) is 4.69. The Morgan fingerprint density at radius 3 is 2.29 bits per heavy atom. The van der Waals surface area contributed by atoms with Gasteiger partial charge >= 0.3 is 0 Å². The van der Waals surface area contributed by atoms with Crippen LogP contribution in [0.5, 0.6) is 0 Å². The fourth-order valence-electron chi connectivity index (χ4n) is 4.58. The van der Waals surface area contributed by atoms with Crippen molar-refractivity contribution in [2.24, 2.45) is 0 Å². The SMILES string of the molecule is CCn1c(-c2ccccc2)c(C(=O)N2CCN(c3ccccn3)CC2)c2ccccc21. The first kappa shape index (κ1) is 19.4. The van der Waals surface area contributed by atoms with Crippen LogP contribution in [0.4, 0.5) is 5.82 Å². The normalized spacial score (nSPS) is 14.2. The Labute approximate surface area is 182 Å². The number of nitrogens with zero attached hydrogens (tertiary/aromatic N) is 4. The quantitative estimate of drug-likeness (QED) is 0.490. The molecule has 2 aromatic carbocycles. The topological polar surface area (TPSA) is 41.4 Å². The highest BCUT2D eigenvalue weighted by Gasteiger charge is 2.29. The number of carbonyl (C=O) groups is 1. The third-order valence-corrected chi connectivity index (χ3v) is 6.09. The summed E-state index contributed by atoms with van der Waals surface area (Å²) in [4.78, 5) is 22.6. The lowest BCUT2D eigenvalue weighted by molar-refractivity contribution is 0.0749. The fourth-order valence-corrected chi connectivity index (χ4v) is 4.58. The number of pyridine rings is 1. The van der Waals surface area contributed by atoms with Crippen molar-refractivity contribution < 1.29 is 4.79 Å². The van der Waals surface area contributed by atoms with Gasteiger partial charge in [-0.3, -0.25) is 4.79 Å². The minimum Gasteiger partial charge on any atom is -0.353 e. The van der Waals surface area contributed by atoms with Crippen LogP contribution in [0, 0.1) is 0 Å². The lowest BCUT2D eigenvalue weighted by Crippen LogP contribution is -2.49. The van der Waals surface area contributed by atoms with Gasteiger partial charge in [0, 0.05) is 49.8 Å². The van der Waals surface area contributed by atoms with Crippen LogP contribution >= 0.6 is 0 Å². The lowest BCUT2D eigenvalue weighted by atomic mass is 10.0. The summed E-state index contributed by atoms with van der Waals surface area (Å²) in [6, 6.07) is 24.5. The van der Waals surface area contributed by atoms with Crippen molar-refractivity contribution in [3.63, 3.8) is 0 Å². The number of benzene rings is 2. The third-order valence-electron chi connectivity index (χ3n) is 6.09. The number of hydrogen-bond acceptors (Lipinski definition) is 3. The monoisotopic (exact) mass is 410 g/mol. The van der Waals surface area contributed by atoms with E-state index in [0.29, 0.717) is 13.1 Å². The summed E-state index contributed by atoms with van der Waals surface area (Å²) < 4.78 is 2.27. The van der Waals surface area contributed by atoms with Gasteiger partial charge in [-0.1, -0.05) is 54.6 Å². The van der Waals surface area contributed by atoms with E-state index < -0.39 is 0 Å². The molecule has 0 bridgehead atoms. The maximum absolute atomic E-state index is 13.9. The Bertz CT molecular complexity index is 1190. The van der Waals surface area contributed by atoms with Gasteiger partial charge in [0.25, 0.3) is 5.91 Å². The van der Waals surface area contributed by atoms with E-state index in [4.69, 9.17) is 0 Å². The van der Waals surface area contributed by atoms with Gasteiger partial charge in [0.2, 0.25) is 0 Å². The first-order chi connectivity index (χ1) is 15.3. The van der Waals surface area contributed by atoms with Crippen LogP contribution in [0.1, 0.15) is 17.3 Å². The van der Waals surface area contributed by atoms with E-state index in [1.54, 1.807) is 0 Å². The smallest absolute Gasteiger partial charge is 0.256 e. The van der Waals surface area contributed by atoms with E-state index in [-0.39, 0.29) is 5.91 Å². The van der Waals surface area contributed by atoms with Crippen molar-refractivity contribution in [2.75, 3.05) is 31.1 Å². The molecular formula is C26H26N4O. The van der Waals surface area contributed by atoms with Crippen LogP contribution in [-0.2, 0) is 6.54 Å². The number of fused-ring (bicyclic) bond motifs is 1. The summed E-state index contributed by atoms with van der Waals surface area (Å²) >= 11 is 0. The van der Waals surface area contributed by atoms with Crippen LogP contribution in [-0.4, -0.2) is 46.5 Å². The van der Waals surface area contributed by atoms with E-state index in [0.717, 1.165) is 53.2 Å². The van der Waals surface area contributed by atoms with Gasteiger partial charge in [0.05, 0.1) is 11.3 Å². The van der Waals surface area contributed by atoms with Crippen LogP contribution in [0.15, 0.2) is 79.0 Å². The van der Waals surface area contributed by atoms with Gasteiger partial charge in [-0.15, -0.1) is 0 Å². The average molecular weight is 411 g/mol. The molecule has 5 heteroatoms. The average Bonchev–Trinajstić information content (AvgIpc) is 3.19. The van der Waals surface area contributed by atoms with E-state index in [2.05, 4.69) is 45.6 Å². The molecule has 1 saturated heterocycles. The second kappa shape index (κ2) is 8.26. The highest BCUT2D eigenvalue weighted by Crippen LogP contribution is 2.35. The third kappa shape index (κ3) is 3.46. The zero-order valence-electron chi connectivity index (χ0n) is 17.7. The number of anilines is 1. The number of hydrogen-bond donors (Lipinski definition) is 0. The number of piperazine rings is 1. The van der Waals surface area contributed by atoms with Gasteiger partial charge in [-0.2, -0.15) is 0 Å². The van der Waals surface area contributed by atoms with Crippen molar-refractivity contribution in [3.05, 3.63) is 84.6 Å². The Morgan fingerprint density at radius 1 is 0.871 bits per heavy atom. The van der Waals surface area contributed by atoms with Crippen LogP contribution in [0.2, 0.25) is 0 Å². The molecule has 1 aliphatic rings. The highest BCUT2D eigenvalue weighted by atomic mass is 16.2. The lowest BCUT2D eigenvalue weighted by Gasteiger charge is -2.35. The molecule has 31 heavy (non-hydrogen) atoms. The molecule has 0 aliphatic carbocycles. The van der Waals surface area contributed by atoms with Gasteiger partial charge in [-0.05, 0) is 30.7 Å². The molecule has 0 unspecified atom stereocenters. The number of carbonyl (C=O) groups excluding carboxylic acids is 1. The van der Waals surface area contributed by atoms with E-state index in [1.807, 2.05) is 59.6 Å². The van der Waals surface area contributed by atoms with Crippen molar-refractivity contribution >= 4 is 22.6 Å². The number of amides is 1. The first-order valence-corrected chi connectivity index (χ1v) is 10.9. The molecule has 1 amide bonds. The van der Waals surface area contributed by atoms with Crippen molar-refractivity contribution in [1.29, 1.82) is 0 Å². The molecule has 1 aliphatic heterocycles. The van der Waals surface area contributed by atoms with Crippen molar-refractivity contribution in [3.8, 4) is 11.3 Å². The van der Waals surface area contributed by atoms with Gasteiger partial charge < -0.3 is 14.4 Å². The molecule has 0 atom stereocenters. The summed E-state index contributed by atoms with van der Waals surface area (Å²) in [6.45, 7) is 5.90. The summed E-state index contributed by atoms with van der Waals surface area (Å²) in [5.41, 5.74) is 4.02. The van der Waals surface area contributed by atoms with Crippen molar-refractivity contribution in [2.45, 2.75) is 13.5 Å². The largest absolute Gasteiger partial charge is 0.353 e. The molecule has 156 valence electrons. The first-order valence-electron chi connectivity index (χ1n) is 10.9. The molecule has 5 rings (SSSR count). The molecule has 2 aromatic heterocycles. The number of para-hydroxylation sites is 1. The zero-order valence-corrected chi connectivity index (χ0v) is 17.7. The molecule has 4 aromatic rings.